The molecule has 0 aliphatic rings. The van der Waals surface area contributed by atoms with E-state index in [1.807, 2.05) is 0 Å². The van der Waals surface area contributed by atoms with Crippen molar-refractivity contribution in [3.63, 3.8) is 0 Å². The minimum Gasteiger partial charge on any atom is -0.461 e. The Labute approximate surface area is 83.4 Å². The van der Waals surface area contributed by atoms with Crippen molar-refractivity contribution in [3.8, 4) is 0 Å². The van der Waals surface area contributed by atoms with Gasteiger partial charge in [0.25, 0.3) is 0 Å². The van der Waals surface area contributed by atoms with Crippen molar-refractivity contribution >= 4 is 5.97 Å². The molecular weight excluding hydrogens is 213 g/mol. The van der Waals surface area contributed by atoms with E-state index in [2.05, 4.69) is 9.84 Å². The van der Waals surface area contributed by atoms with Crippen molar-refractivity contribution < 1.29 is 22.7 Å². The Bertz CT molecular complexity index is 370. The summed E-state index contributed by atoms with van der Waals surface area (Å²) in [7, 11) is 0. The van der Waals surface area contributed by atoms with Gasteiger partial charge in [-0.25, -0.2) is 4.79 Å². The predicted molar refractivity (Wildman–Crippen MR) is 44.3 cm³/mol. The highest BCUT2D eigenvalue weighted by Crippen LogP contribution is 2.31. The average Bonchev–Trinajstić information content (AvgIpc) is 2.46. The van der Waals surface area contributed by atoms with Crippen molar-refractivity contribution in [2.75, 3.05) is 6.61 Å². The SMILES string of the molecule is CCOC(=O)c1n[nH]c(C(F)(F)F)c1C. The molecule has 0 bridgehead atoms. The molecule has 0 saturated carbocycles. The molecule has 1 aromatic heterocycles. The summed E-state index contributed by atoms with van der Waals surface area (Å²) in [5, 5.41) is 5.06. The van der Waals surface area contributed by atoms with Gasteiger partial charge >= 0.3 is 12.1 Å². The maximum absolute atomic E-state index is 12.3. The molecule has 84 valence electrons. The Hall–Kier alpha value is -1.53. The number of hydrogen-bond acceptors (Lipinski definition) is 3. The van der Waals surface area contributed by atoms with E-state index in [9.17, 15) is 18.0 Å². The Morgan fingerprint density at radius 2 is 2.13 bits per heavy atom. The zero-order chi connectivity index (χ0) is 11.6. The monoisotopic (exact) mass is 222 g/mol. The highest BCUT2D eigenvalue weighted by atomic mass is 19.4. The molecule has 1 heterocycles. The summed E-state index contributed by atoms with van der Waals surface area (Å²) >= 11 is 0. The maximum Gasteiger partial charge on any atom is 0.433 e. The van der Waals surface area contributed by atoms with E-state index in [-0.39, 0.29) is 17.9 Å². The third-order valence-corrected chi connectivity index (χ3v) is 1.76. The second-order valence-corrected chi connectivity index (χ2v) is 2.79. The quantitative estimate of drug-likeness (QED) is 0.777. The molecule has 15 heavy (non-hydrogen) atoms. The zero-order valence-corrected chi connectivity index (χ0v) is 8.10. The van der Waals surface area contributed by atoms with Crippen LogP contribution in [-0.2, 0) is 10.9 Å². The number of nitrogens with zero attached hydrogens (tertiary/aromatic N) is 1. The number of halogens is 3. The highest BCUT2D eigenvalue weighted by Gasteiger charge is 2.37. The van der Waals surface area contributed by atoms with Crippen LogP contribution >= 0.6 is 0 Å². The van der Waals surface area contributed by atoms with Gasteiger partial charge in [0.15, 0.2) is 5.69 Å². The lowest BCUT2D eigenvalue weighted by atomic mass is 10.2. The lowest BCUT2D eigenvalue weighted by molar-refractivity contribution is -0.141. The Balaban J connectivity index is 3.04. The summed E-state index contributed by atoms with van der Waals surface area (Å²) < 4.78 is 41.4. The number of carbonyl (C=O) groups excluding carboxylic acids is 1. The molecule has 0 saturated heterocycles. The molecule has 1 N–H and O–H groups in total. The van der Waals surface area contributed by atoms with Crippen LogP contribution in [0.5, 0.6) is 0 Å². The first-order valence-electron chi connectivity index (χ1n) is 4.17. The van der Waals surface area contributed by atoms with Gasteiger partial charge in [-0.1, -0.05) is 0 Å². The van der Waals surface area contributed by atoms with Gasteiger partial charge in [0.05, 0.1) is 6.61 Å². The molecule has 0 radical (unpaired) electrons. The van der Waals surface area contributed by atoms with Crippen LogP contribution in [-0.4, -0.2) is 22.8 Å². The van der Waals surface area contributed by atoms with Gasteiger partial charge in [0.1, 0.15) is 5.69 Å². The molecule has 0 atom stereocenters. The molecule has 1 rings (SSSR count). The molecule has 1 aromatic rings. The first kappa shape index (κ1) is 11.5. The summed E-state index contributed by atoms with van der Waals surface area (Å²) in [4.78, 5) is 11.1. The Morgan fingerprint density at radius 1 is 1.53 bits per heavy atom. The topological polar surface area (TPSA) is 55.0 Å². The minimum atomic E-state index is -4.54. The van der Waals surface area contributed by atoms with Gasteiger partial charge in [0, 0.05) is 5.56 Å². The first-order valence-corrected chi connectivity index (χ1v) is 4.17. The van der Waals surface area contributed by atoms with Gasteiger partial charge in [-0.15, -0.1) is 0 Å². The second-order valence-electron chi connectivity index (χ2n) is 2.79. The molecule has 0 fully saturated rings. The third kappa shape index (κ3) is 2.28. The molecule has 0 aliphatic heterocycles. The fourth-order valence-electron chi connectivity index (χ4n) is 1.07. The van der Waals surface area contributed by atoms with Crippen molar-refractivity contribution in [1.29, 1.82) is 0 Å². The van der Waals surface area contributed by atoms with Gasteiger partial charge in [0.2, 0.25) is 0 Å². The lowest BCUT2D eigenvalue weighted by Crippen LogP contribution is -2.09. The summed E-state index contributed by atoms with van der Waals surface area (Å²) in [6, 6.07) is 0. The van der Waals surface area contributed by atoms with Gasteiger partial charge in [-0.2, -0.15) is 18.3 Å². The molecule has 0 spiro atoms. The van der Waals surface area contributed by atoms with E-state index >= 15 is 0 Å². The number of ether oxygens (including phenoxy) is 1. The van der Waals surface area contributed by atoms with Crippen molar-refractivity contribution in [2.45, 2.75) is 20.0 Å². The smallest absolute Gasteiger partial charge is 0.433 e. The number of nitrogens with one attached hydrogen (secondary N) is 1. The van der Waals surface area contributed by atoms with Crippen molar-refractivity contribution in [3.05, 3.63) is 17.0 Å². The number of carbonyl (C=O) groups is 1. The van der Waals surface area contributed by atoms with Gasteiger partial charge in [-0.05, 0) is 13.8 Å². The highest BCUT2D eigenvalue weighted by molar-refractivity contribution is 5.89. The van der Waals surface area contributed by atoms with E-state index in [4.69, 9.17) is 0 Å². The molecule has 0 aliphatic carbocycles. The molecule has 0 amide bonds. The molecule has 4 nitrogen and oxygen atoms in total. The largest absolute Gasteiger partial charge is 0.461 e. The van der Waals surface area contributed by atoms with Crippen LogP contribution in [0.4, 0.5) is 13.2 Å². The van der Waals surface area contributed by atoms with Crippen LogP contribution in [0.1, 0.15) is 28.7 Å². The number of hydrogen-bond donors (Lipinski definition) is 1. The van der Waals surface area contributed by atoms with Crippen LogP contribution in [0.2, 0.25) is 0 Å². The predicted octanol–water partition coefficient (Wildman–Crippen LogP) is 1.91. The van der Waals surface area contributed by atoms with Crippen molar-refractivity contribution in [1.82, 2.24) is 10.2 Å². The lowest BCUT2D eigenvalue weighted by Gasteiger charge is -2.04. The number of rotatable bonds is 2. The molecule has 0 aromatic carbocycles. The third-order valence-electron chi connectivity index (χ3n) is 1.76. The van der Waals surface area contributed by atoms with E-state index in [0.717, 1.165) is 0 Å². The second kappa shape index (κ2) is 3.92. The fraction of sp³-hybridized carbons (Fsp3) is 0.500. The Kier molecular flexibility index (Phi) is 3.01. The first-order chi connectivity index (χ1) is 6.88. The van der Waals surface area contributed by atoms with Crippen LogP contribution in [0.25, 0.3) is 0 Å². The number of H-pyrrole nitrogens is 1. The van der Waals surface area contributed by atoms with E-state index < -0.39 is 17.8 Å². The number of aromatic amines is 1. The summed E-state index contributed by atoms with van der Waals surface area (Å²) in [6.45, 7) is 2.82. The van der Waals surface area contributed by atoms with E-state index in [1.54, 1.807) is 12.0 Å². The molecule has 0 unspecified atom stereocenters. The maximum atomic E-state index is 12.3. The molecular formula is C8H9F3N2O2. The average molecular weight is 222 g/mol. The summed E-state index contributed by atoms with van der Waals surface area (Å²) in [5.41, 5.74) is -1.60. The fourth-order valence-corrected chi connectivity index (χ4v) is 1.07. The van der Waals surface area contributed by atoms with Crippen LogP contribution in [0.15, 0.2) is 0 Å². The van der Waals surface area contributed by atoms with Gasteiger partial charge in [-0.3, -0.25) is 5.10 Å². The van der Waals surface area contributed by atoms with Crippen LogP contribution in [0, 0.1) is 6.92 Å². The van der Waals surface area contributed by atoms with Crippen LogP contribution < -0.4 is 0 Å². The number of esters is 1. The minimum absolute atomic E-state index is 0.0898. The number of alkyl halides is 3. The van der Waals surface area contributed by atoms with E-state index in [1.165, 1.54) is 6.92 Å². The van der Waals surface area contributed by atoms with Crippen molar-refractivity contribution in [2.24, 2.45) is 0 Å². The summed E-state index contributed by atoms with van der Waals surface area (Å²) in [6.07, 6.45) is -4.54. The summed E-state index contributed by atoms with van der Waals surface area (Å²) in [5.74, 6) is -0.859. The molecule has 7 heteroatoms. The van der Waals surface area contributed by atoms with Crippen LogP contribution in [0.3, 0.4) is 0 Å². The Morgan fingerprint density at radius 3 is 2.53 bits per heavy atom. The standard InChI is InChI=1S/C8H9F3N2O2/c1-3-15-7(14)5-4(2)6(13-12-5)8(9,10)11/h3H2,1-2H3,(H,12,13). The van der Waals surface area contributed by atoms with Gasteiger partial charge < -0.3 is 4.74 Å². The number of aromatic nitrogens is 2. The normalized spacial score (nSPS) is 11.5. The van der Waals surface area contributed by atoms with E-state index in [0.29, 0.717) is 0 Å². The zero-order valence-electron chi connectivity index (χ0n) is 8.10.